The minimum atomic E-state index is -0.583. The summed E-state index contributed by atoms with van der Waals surface area (Å²) in [6, 6.07) is 1.38. The first-order valence-electron chi connectivity index (χ1n) is 11.9. The highest BCUT2D eigenvalue weighted by molar-refractivity contribution is 5.77. The number of likely N-dealkylation sites (tertiary alicyclic amines) is 1. The van der Waals surface area contributed by atoms with Crippen LogP contribution in [0.2, 0.25) is 0 Å². The summed E-state index contributed by atoms with van der Waals surface area (Å²) < 4.78 is 16.9. The number of nitrogens with two attached hydrogens (primary N) is 1. The molecule has 1 saturated heterocycles. The van der Waals surface area contributed by atoms with Crippen molar-refractivity contribution in [2.24, 2.45) is 11.1 Å². The van der Waals surface area contributed by atoms with E-state index in [1.807, 2.05) is 4.90 Å². The number of piperidine rings is 1. The average molecular weight is 458 g/mol. The maximum Gasteiger partial charge on any atom is 0.315 e. The molecule has 8 nitrogen and oxygen atoms in total. The van der Waals surface area contributed by atoms with E-state index in [2.05, 4.69) is 11.6 Å². The molecule has 33 heavy (non-hydrogen) atoms. The topological polar surface area (TPSA) is 107 Å². The van der Waals surface area contributed by atoms with Gasteiger partial charge in [0.25, 0.3) is 0 Å². The zero-order valence-corrected chi connectivity index (χ0v) is 19.5. The summed E-state index contributed by atoms with van der Waals surface area (Å²) in [4.78, 5) is 30.8. The van der Waals surface area contributed by atoms with Crippen LogP contribution in [-0.4, -0.2) is 42.5 Å². The number of hydrogen-bond donors (Lipinski definition) is 2. The van der Waals surface area contributed by atoms with E-state index in [0.29, 0.717) is 17.8 Å². The van der Waals surface area contributed by atoms with Gasteiger partial charge in [-0.2, -0.15) is 0 Å². The number of allylic oxidation sites excluding steroid dienone is 2. The van der Waals surface area contributed by atoms with E-state index in [1.165, 1.54) is 11.6 Å². The third kappa shape index (κ3) is 5.11. The van der Waals surface area contributed by atoms with E-state index < -0.39 is 5.41 Å². The molecule has 1 aliphatic heterocycles. The fourth-order valence-electron chi connectivity index (χ4n) is 5.05. The Balaban J connectivity index is 1.44. The molecule has 2 heterocycles. The van der Waals surface area contributed by atoms with Crippen LogP contribution < -0.4 is 15.9 Å². The molecule has 180 valence electrons. The minimum absolute atomic E-state index is 0.0891. The smallest absolute Gasteiger partial charge is 0.315 e. The number of hydrogen-bond acceptors (Lipinski definition) is 7. The van der Waals surface area contributed by atoms with Crippen LogP contribution in [0.3, 0.4) is 0 Å². The van der Waals surface area contributed by atoms with E-state index in [9.17, 15) is 9.59 Å². The molecule has 1 aromatic heterocycles. The van der Waals surface area contributed by atoms with Gasteiger partial charge in [-0.1, -0.05) is 19.4 Å². The van der Waals surface area contributed by atoms with Crippen LogP contribution in [0.1, 0.15) is 69.9 Å². The van der Waals surface area contributed by atoms with Crippen LogP contribution in [0.25, 0.3) is 5.70 Å². The lowest BCUT2D eigenvalue weighted by molar-refractivity contribution is -0.163. The zero-order valence-electron chi connectivity index (χ0n) is 19.5. The van der Waals surface area contributed by atoms with Gasteiger partial charge in [-0.3, -0.25) is 9.59 Å². The summed E-state index contributed by atoms with van der Waals surface area (Å²) in [5.41, 5.74) is 7.73. The second-order valence-corrected chi connectivity index (χ2v) is 9.34. The van der Waals surface area contributed by atoms with Crippen molar-refractivity contribution in [3.63, 3.8) is 0 Å². The molecule has 3 aliphatic rings. The Morgan fingerprint density at radius 1 is 1.27 bits per heavy atom. The van der Waals surface area contributed by atoms with Crippen LogP contribution in [-0.2, 0) is 14.3 Å². The fourth-order valence-corrected chi connectivity index (χ4v) is 5.05. The molecule has 0 aromatic carbocycles. The second-order valence-electron chi connectivity index (χ2n) is 9.34. The third-order valence-electron chi connectivity index (χ3n) is 7.12. The van der Waals surface area contributed by atoms with Crippen LogP contribution in [0.15, 0.2) is 35.0 Å². The molecule has 0 amide bonds. The molecule has 3 N–H and O–H groups in total. The van der Waals surface area contributed by atoms with Crippen molar-refractivity contribution in [3.05, 3.63) is 46.1 Å². The van der Waals surface area contributed by atoms with Crippen molar-refractivity contribution < 1.29 is 19.0 Å². The first-order chi connectivity index (χ1) is 15.9. The molecule has 0 bridgehead atoms. The van der Waals surface area contributed by atoms with Crippen LogP contribution in [0.4, 0.5) is 0 Å². The molecule has 0 spiro atoms. The molecule has 4 rings (SSSR count). The number of aromatic amines is 1. The molecule has 1 unspecified atom stereocenters. The fraction of sp³-hybridized carbons (Fsp3) is 0.600. The Kier molecular flexibility index (Phi) is 7.12. The highest BCUT2D eigenvalue weighted by Crippen LogP contribution is 2.47. The lowest BCUT2D eigenvalue weighted by Crippen LogP contribution is -2.44. The highest BCUT2D eigenvalue weighted by atomic mass is 16.7. The van der Waals surface area contributed by atoms with Crippen molar-refractivity contribution in [1.29, 1.82) is 0 Å². The Labute approximate surface area is 194 Å². The second kappa shape index (κ2) is 10.0. The molecule has 1 atom stereocenters. The molecule has 0 radical (unpaired) electrons. The van der Waals surface area contributed by atoms with Crippen molar-refractivity contribution in [3.8, 4) is 5.75 Å². The predicted octanol–water partition coefficient (Wildman–Crippen LogP) is 3.64. The lowest BCUT2D eigenvalue weighted by atomic mass is 9.81. The first kappa shape index (κ1) is 23.4. The van der Waals surface area contributed by atoms with Crippen molar-refractivity contribution in [2.45, 2.75) is 70.4 Å². The van der Waals surface area contributed by atoms with Crippen LogP contribution in [0.5, 0.6) is 5.75 Å². The van der Waals surface area contributed by atoms with Crippen molar-refractivity contribution in [2.75, 3.05) is 20.4 Å². The monoisotopic (exact) mass is 457 g/mol. The average Bonchev–Trinajstić information content (AvgIpc) is 3.55. The van der Waals surface area contributed by atoms with E-state index in [0.717, 1.165) is 70.1 Å². The molecule has 1 aromatic rings. The number of aromatic nitrogens is 1. The van der Waals surface area contributed by atoms with Gasteiger partial charge in [-0.15, -0.1) is 0 Å². The number of carbonyl (C=O) groups is 1. The molecular formula is C25H35N3O5. The predicted molar refractivity (Wildman–Crippen MR) is 125 cm³/mol. The summed E-state index contributed by atoms with van der Waals surface area (Å²) in [5.74, 6) is 0.721. The number of methoxy groups -OCH3 is 1. The van der Waals surface area contributed by atoms with Gasteiger partial charge in [0.1, 0.15) is 5.69 Å². The molecule has 3 fully saturated rings. The molecule has 2 saturated carbocycles. The van der Waals surface area contributed by atoms with Gasteiger partial charge in [0.15, 0.2) is 5.75 Å². The van der Waals surface area contributed by atoms with E-state index >= 15 is 0 Å². The van der Waals surface area contributed by atoms with Gasteiger partial charge in [0.2, 0.25) is 12.2 Å². The van der Waals surface area contributed by atoms with E-state index in [-0.39, 0.29) is 30.1 Å². The molecule has 2 aliphatic carbocycles. The summed E-state index contributed by atoms with van der Waals surface area (Å²) in [7, 11) is 1.67. The number of esters is 1. The minimum Gasteiger partial charge on any atom is -0.501 e. The number of H-pyrrole nitrogens is 1. The number of rotatable bonds is 9. The number of carbonyl (C=O) groups excluding carboxylic acids is 1. The Bertz CT molecular complexity index is 970. The molecule has 8 heteroatoms. The Morgan fingerprint density at radius 3 is 2.70 bits per heavy atom. The number of ether oxygens (including phenoxy) is 3. The summed E-state index contributed by atoms with van der Waals surface area (Å²) >= 11 is 0. The SMILES string of the molecule is C=C(c1[nH]ccc(=O)c1OCOC(=O)C1(CC(OC)=C2CC2)CCCC1)N1CCCCC1N. The first-order valence-corrected chi connectivity index (χ1v) is 11.9. The van der Waals surface area contributed by atoms with Gasteiger partial charge < -0.3 is 29.8 Å². The number of nitrogens with zero attached hydrogens (tertiary/aromatic N) is 1. The zero-order chi connectivity index (χ0) is 23.4. The summed E-state index contributed by atoms with van der Waals surface area (Å²) in [5, 5.41) is 0. The maximum absolute atomic E-state index is 13.1. The van der Waals surface area contributed by atoms with Crippen molar-refractivity contribution >= 4 is 11.7 Å². The quantitative estimate of drug-likeness (QED) is 0.331. The van der Waals surface area contributed by atoms with Gasteiger partial charge in [-0.05, 0) is 50.5 Å². The standard InChI is InChI=1S/C25H35N3O5/c1-17(28-14-6-3-7-21(28)26)22-23(19(29)10-13-27-22)32-16-33-24(30)25(11-4-5-12-25)15-20(31-2)18-8-9-18/h10,13,21H,1,3-9,11-12,14-16,26H2,2H3,(H,27,29). The summed E-state index contributed by atoms with van der Waals surface area (Å²) in [6.07, 6.45) is 10.5. The Morgan fingerprint density at radius 2 is 2.03 bits per heavy atom. The maximum atomic E-state index is 13.1. The van der Waals surface area contributed by atoms with Gasteiger partial charge in [0.05, 0.1) is 30.1 Å². The molecular weight excluding hydrogens is 422 g/mol. The number of pyridine rings is 1. The van der Waals surface area contributed by atoms with Gasteiger partial charge >= 0.3 is 5.97 Å². The van der Waals surface area contributed by atoms with Gasteiger partial charge in [-0.25, -0.2) is 0 Å². The Hall–Kier alpha value is -2.74. The van der Waals surface area contributed by atoms with Crippen molar-refractivity contribution in [1.82, 2.24) is 9.88 Å². The number of nitrogens with one attached hydrogen (secondary N) is 1. The highest BCUT2D eigenvalue weighted by Gasteiger charge is 2.44. The van der Waals surface area contributed by atoms with E-state index in [4.69, 9.17) is 19.9 Å². The largest absolute Gasteiger partial charge is 0.501 e. The van der Waals surface area contributed by atoms with E-state index in [1.54, 1.807) is 13.3 Å². The lowest BCUT2D eigenvalue weighted by Gasteiger charge is -2.36. The van der Waals surface area contributed by atoms with Gasteiger partial charge in [0, 0.05) is 25.2 Å². The van der Waals surface area contributed by atoms with Crippen LogP contribution >= 0.6 is 0 Å². The summed E-state index contributed by atoms with van der Waals surface area (Å²) in [6.45, 7) is 4.59. The normalized spacial score (nSPS) is 21.5. The van der Waals surface area contributed by atoms with Crippen LogP contribution in [0, 0.1) is 5.41 Å². The third-order valence-corrected chi connectivity index (χ3v) is 7.12.